The molecule has 0 saturated heterocycles. The van der Waals surface area contributed by atoms with Gasteiger partial charge in [-0.3, -0.25) is 0 Å². The molecule has 1 rings (SSSR count). The topological polar surface area (TPSA) is 43.1 Å². The predicted molar refractivity (Wildman–Crippen MR) is 71.2 cm³/mol. The first kappa shape index (κ1) is 13.4. The van der Waals surface area contributed by atoms with E-state index in [2.05, 4.69) is 29.2 Å². The van der Waals surface area contributed by atoms with Crippen molar-refractivity contribution in [1.82, 2.24) is 15.0 Å². The number of hydrogen-bond acceptors (Lipinski definition) is 3. The van der Waals surface area contributed by atoms with Gasteiger partial charge >= 0.3 is 0 Å². The zero-order chi connectivity index (χ0) is 12.8. The van der Waals surface area contributed by atoms with Gasteiger partial charge in [-0.05, 0) is 32.8 Å². The van der Waals surface area contributed by atoms with E-state index < -0.39 is 0 Å². The lowest BCUT2D eigenvalue weighted by molar-refractivity contribution is 0.791. The quantitative estimate of drug-likeness (QED) is 0.593. The van der Waals surface area contributed by atoms with Crippen molar-refractivity contribution in [3.63, 3.8) is 0 Å². The second kappa shape index (κ2) is 6.13. The summed E-state index contributed by atoms with van der Waals surface area (Å²) >= 11 is 0. The fourth-order valence-electron chi connectivity index (χ4n) is 1.22. The van der Waals surface area contributed by atoms with Crippen molar-refractivity contribution >= 4 is 5.84 Å². The number of hydrogen-bond donors (Lipinski definition) is 0. The van der Waals surface area contributed by atoms with Crippen LogP contribution in [0.15, 0.2) is 35.1 Å². The van der Waals surface area contributed by atoms with Crippen LogP contribution in [0.5, 0.6) is 0 Å². The highest BCUT2D eigenvalue weighted by atomic mass is 15.4. The van der Waals surface area contributed by atoms with E-state index in [1.165, 1.54) is 5.57 Å². The van der Waals surface area contributed by atoms with E-state index in [4.69, 9.17) is 0 Å². The Labute approximate surface area is 103 Å². The fourth-order valence-corrected chi connectivity index (χ4v) is 1.22. The summed E-state index contributed by atoms with van der Waals surface area (Å²) in [6, 6.07) is 0. The minimum absolute atomic E-state index is 0.374. The Bertz CT molecular complexity index is 446. The van der Waals surface area contributed by atoms with Gasteiger partial charge in [-0.25, -0.2) is 9.67 Å². The minimum Gasteiger partial charge on any atom is -0.237 e. The molecule has 92 valence electrons. The molecule has 0 atom stereocenters. The standard InChI is InChI=1S/C13H20N4/c1-6-7-14-13(8-10(2)3)17-9-12(11(4)5)15-16-17/h6-9,11H,1-5H3/b7-6-,14-13+. The summed E-state index contributed by atoms with van der Waals surface area (Å²) in [6.45, 7) is 10.2. The molecule has 0 aliphatic heterocycles. The van der Waals surface area contributed by atoms with Gasteiger partial charge < -0.3 is 0 Å². The van der Waals surface area contributed by atoms with Crippen molar-refractivity contribution in [2.75, 3.05) is 0 Å². The Kier molecular flexibility index (Phi) is 4.82. The highest BCUT2D eigenvalue weighted by molar-refractivity contribution is 5.94. The van der Waals surface area contributed by atoms with Gasteiger partial charge in [0, 0.05) is 6.20 Å². The summed E-state index contributed by atoms with van der Waals surface area (Å²) in [5.74, 6) is 1.15. The van der Waals surface area contributed by atoms with E-state index >= 15 is 0 Å². The van der Waals surface area contributed by atoms with E-state index in [0.717, 1.165) is 11.5 Å². The van der Waals surface area contributed by atoms with Crippen LogP contribution in [0.3, 0.4) is 0 Å². The van der Waals surface area contributed by atoms with Crippen LogP contribution in [0.4, 0.5) is 0 Å². The highest BCUT2D eigenvalue weighted by Gasteiger charge is 2.07. The first-order chi connectivity index (χ1) is 8.04. The second-order valence-corrected chi connectivity index (χ2v) is 4.43. The molecule has 0 saturated carbocycles. The monoisotopic (exact) mass is 232 g/mol. The van der Waals surface area contributed by atoms with Crippen LogP contribution < -0.4 is 0 Å². The van der Waals surface area contributed by atoms with Gasteiger partial charge in [0.1, 0.15) is 0 Å². The molecule has 0 aliphatic rings. The molecule has 1 aromatic rings. The minimum atomic E-state index is 0.374. The van der Waals surface area contributed by atoms with Crippen LogP contribution in [0.2, 0.25) is 0 Å². The number of aromatic nitrogens is 3. The van der Waals surface area contributed by atoms with E-state index in [-0.39, 0.29) is 0 Å². The van der Waals surface area contributed by atoms with Crippen molar-refractivity contribution in [1.29, 1.82) is 0 Å². The summed E-state index contributed by atoms with van der Waals surface area (Å²) in [7, 11) is 0. The lowest BCUT2D eigenvalue weighted by atomic mass is 10.2. The van der Waals surface area contributed by atoms with Gasteiger partial charge in [-0.2, -0.15) is 0 Å². The zero-order valence-corrected chi connectivity index (χ0v) is 11.2. The Morgan fingerprint density at radius 3 is 2.59 bits per heavy atom. The van der Waals surface area contributed by atoms with Crippen molar-refractivity contribution in [3.05, 3.63) is 35.8 Å². The summed E-state index contributed by atoms with van der Waals surface area (Å²) in [6.07, 6.45) is 7.55. The van der Waals surface area contributed by atoms with Crippen LogP contribution in [0.25, 0.3) is 0 Å². The van der Waals surface area contributed by atoms with Gasteiger partial charge in [0.05, 0.1) is 11.9 Å². The molecule has 0 aromatic carbocycles. The van der Waals surface area contributed by atoms with Gasteiger partial charge in [-0.15, -0.1) is 5.10 Å². The lowest BCUT2D eigenvalue weighted by Crippen LogP contribution is -2.10. The summed E-state index contributed by atoms with van der Waals surface area (Å²) in [4.78, 5) is 4.35. The van der Waals surface area contributed by atoms with Crippen molar-refractivity contribution in [2.24, 2.45) is 4.99 Å². The van der Waals surface area contributed by atoms with Crippen molar-refractivity contribution in [2.45, 2.75) is 40.5 Å². The number of rotatable bonds is 3. The molecular formula is C13H20N4. The maximum atomic E-state index is 4.35. The molecule has 0 bridgehead atoms. The number of nitrogens with zero attached hydrogens (tertiary/aromatic N) is 4. The van der Waals surface area contributed by atoms with E-state index in [9.17, 15) is 0 Å². The third kappa shape index (κ3) is 3.98. The molecule has 0 amide bonds. The average molecular weight is 232 g/mol. The molecular weight excluding hydrogens is 212 g/mol. The van der Waals surface area contributed by atoms with Gasteiger partial charge in [0.25, 0.3) is 0 Å². The molecule has 0 aliphatic carbocycles. The predicted octanol–water partition coefficient (Wildman–Crippen LogP) is 3.15. The molecule has 0 fully saturated rings. The van der Waals surface area contributed by atoms with E-state index in [1.54, 1.807) is 10.9 Å². The number of aliphatic imine (C=N–C) groups is 1. The first-order valence-corrected chi connectivity index (χ1v) is 5.81. The Morgan fingerprint density at radius 1 is 1.41 bits per heavy atom. The Balaban J connectivity index is 3.09. The van der Waals surface area contributed by atoms with Crippen LogP contribution in [-0.2, 0) is 0 Å². The SMILES string of the molecule is C/C=C\N=C(/C=C(C)C)n1cc(C(C)C)nn1. The average Bonchev–Trinajstić information content (AvgIpc) is 2.72. The summed E-state index contributed by atoms with van der Waals surface area (Å²) in [5.41, 5.74) is 2.15. The first-order valence-electron chi connectivity index (χ1n) is 5.81. The van der Waals surface area contributed by atoms with Crippen molar-refractivity contribution < 1.29 is 0 Å². The van der Waals surface area contributed by atoms with Crippen molar-refractivity contribution in [3.8, 4) is 0 Å². The lowest BCUT2D eigenvalue weighted by Gasteiger charge is -2.00. The number of allylic oxidation sites excluding steroid dienone is 3. The van der Waals surface area contributed by atoms with Crippen LogP contribution in [-0.4, -0.2) is 20.8 Å². The molecule has 1 aromatic heterocycles. The zero-order valence-electron chi connectivity index (χ0n) is 11.2. The largest absolute Gasteiger partial charge is 0.237 e. The van der Waals surface area contributed by atoms with Gasteiger partial charge in [0.2, 0.25) is 0 Å². The van der Waals surface area contributed by atoms with Crippen LogP contribution in [0.1, 0.15) is 46.2 Å². The van der Waals surface area contributed by atoms with E-state index in [0.29, 0.717) is 5.92 Å². The third-order valence-corrected chi connectivity index (χ3v) is 2.11. The summed E-state index contributed by atoms with van der Waals surface area (Å²) < 4.78 is 1.71. The van der Waals surface area contributed by atoms with Crippen LogP contribution in [0, 0.1) is 0 Å². The van der Waals surface area contributed by atoms with Crippen LogP contribution >= 0.6 is 0 Å². The highest BCUT2D eigenvalue weighted by Crippen LogP contribution is 2.09. The Morgan fingerprint density at radius 2 is 2.12 bits per heavy atom. The summed E-state index contributed by atoms with van der Waals surface area (Å²) in [5, 5.41) is 8.23. The fraction of sp³-hybridized carbons (Fsp3) is 0.462. The molecule has 0 spiro atoms. The molecule has 0 unspecified atom stereocenters. The van der Waals surface area contributed by atoms with E-state index in [1.807, 2.05) is 39.1 Å². The van der Waals surface area contributed by atoms with Gasteiger partial charge in [-0.1, -0.05) is 30.7 Å². The normalized spacial score (nSPS) is 12.5. The molecule has 4 nitrogen and oxygen atoms in total. The molecule has 1 heterocycles. The molecule has 4 heteroatoms. The smallest absolute Gasteiger partial charge is 0.154 e. The maximum absolute atomic E-state index is 4.35. The molecule has 0 radical (unpaired) electrons. The maximum Gasteiger partial charge on any atom is 0.154 e. The third-order valence-electron chi connectivity index (χ3n) is 2.11. The Hall–Kier alpha value is -1.71. The molecule has 17 heavy (non-hydrogen) atoms. The van der Waals surface area contributed by atoms with Gasteiger partial charge in [0.15, 0.2) is 5.84 Å². The second-order valence-electron chi connectivity index (χ2n) is 4.43. The molecule has 0 N–H and O–H groups in total.